The van der Waals surface area contributed by atoms with E-state index in [1.165, 1.54) is 0 Å². The van der Waals surface area contributed by atoms with E-state index < -0.39 is 0 Å². The van der Waals surface area contributed by atoms with Gasteiger partial charge in [0.25, 0.3) is 5.91 Å². The molecule has 3 heteroatoms. The van der Waals surface area contributed by atoms with Gasteiger partial charge in [0.05, 0.1) is 11.5 Å². The molecule has 0 radical (unpaired) electrons. The lowest BCUT2D eigenvalue weighted by Gasteiger charge is -2.35. The predicted octanol–water partition coefficient (Wildman–Crippen LogP) is 3.07. The van der Waals surface area contributed by atoms with E-state index in [-0.39, 0.29) is 11.3 Å². The lowest BCUT2D eigenvalue weighted by atomic mass is 9.82. The zero-order valence-electron chi connectivity index (χ0n) is 11.9. The van der Waals surface area contributed by atoms with Gasteiger partial charge in [0, 0.05) is 18.7 Å². The first-order chi connectivity index (χ1) is 8.97. The van der Waals surface area contributed by atoms with Crippen LogP contribution in [-0.4, -0.2) is 23.9 Å². The minimum absolute atomic E-state index is 0.0983. The first kappa shape index (κ1) is 13.6. The summed E-state index contributed by atoms with van der Waals surface area (Å²) in [6.07, 6.45) is 1.53. The molecule has 0 spiro atoms. The Labute approximate surface area is 114 Å². The first-order valence-electron chi connectivity index (χ1n) is 6.73. The zero-order valence-corrected chi connectivity index (χ0v) is 11.9. The molecule has 0 bridgehead atoms. The number of hydrogen-bond donors (Lipinski definition) is 0. The van der Waals surface area contributed by atoms with Crippen LogP contribution < -0.4 is 0 Å². The molecule has 1 aromatic carbocycles. The van der Waals surface area contributed by atoms with E-state index in [1.807, 2.05) is 43.9 Å². The number of carbonyl (C=O) groups is 1. The summed E-state index contributed by atoms with van der Waals surface area (Å²) in [6, 6.07) is 8.21. The van der Waals surface area contributed by atoms with E-state index in [9.17, 15) is 4.79 Å². The molecule has 0 N–H and O–H groups in total. The predicted molar refractivity (Wildman–Crippen MR) is 74.8 cm³/mol. The number of hydrogen-bond acceptors (Lipinski definition) is 2. The first-order valence-corrected chi connectivity index (χ1v) is 6.73. The van der Waals surface area contributed by atoms with Crippen LogP contribution in [0.25, 0.3) is 0 Å². The summed E-state index contributed by atoms with van der Waals surface area (Å²) in [4.78, 5) is 14.4. The maximum Gasteiger partial charge on any atom is 0.254 e. The summed E-state index contributed by atoms with van der Waals surface area (Å²) in [5, 5.41) is 9.12. The third-order valence-electron chi connectivity index (χ3n) is 4.26. The Hall–Kier alpha value is -1.82. The molecule has 0 atom stereocenters. The number of aryl methyl sites for hydroxylation is 1. The second-order valence-electron chi connectivity index (χ2n) is 5.71. The topological polar surface area (TPSA) is 44.1 Å². The fourth-order valence-electron chi connectivity index (χ4n) is 2.47. The molecule has 1 aliphatic rings. The Bertz CT molecular complexity index is 534. The fourth-order valence-corrected chi connectivity index (χ4v) is 2.47. The fraction of sp³-hybridized carbons (Fsp3) is 0.500. The Morgan fingerprint density at radius 3 is 2.53 bits per heavy atom. The summed E-state index contributed by atoms with van der Waals surface area (Å²) in [5.41, 5.74) is 2.73. The van der Waals surface area contributed by atoms with E-state index in [2.05, 4.69) is 6.07 Å². The summed E-state index contributed by atoms with van der Waals surface area (Å²) in [7, 11) is 0. The molecule has 1 aromatic rings. The molecule has 1 heterocycles. The maximum atomic E-state index is 12.5. The lowest BCUT2D eigenvalue weighted by molar-refractivity contribution is 0.0661. The van der Waals surface area contributed by atoms with Gasteiger partial charge in [-0.3, -0.25) is 4.79 Å². The second kappa shape index (κ2) is 5.05. The Kier molecular flexibility index (Phi) is 3.61. The monoisotopic (exact) mass is 256 g/mol. The van der Waals surface area contributed by atoms with Crippen LogP contribution in [0.1, 0.15) is 41.3 Å². The SMILES string of the molecule is Cc1cccc(C(=O)N2CCC(C)(C#N)CC2)c1C. The van der Waals surface area contributed by atoms with Crippen molar-refractivity contribution in [1.82, 2.24) is 4.90 Å². The van der Waals surface area contributed by atoms with Crippen molar-refractivity contribution in [3.05, 3.63) is 34.9 Å². The van der Waals surface area contributed by atoms with Gasteiger partial charge in [-0.15, -0.1) is 0 Å². The van der Waals surface area contributed by atoms with Crippen LogP contribution >= 0.6 is 0 Å². The van der Waals surface area contributed by atoms with Crippen molar-refractivity contribution in [3.8, 4) is 6.07 Å². The third kappa shape index (κ3) is 2.63. The number of likely N-dealkylation sites (tertiary alicyclic amines) is 1. The van der Waals surface area contributed by atoms with E-state index in [0.29, 0.717) is 13.1 Å². The molecule has 0 aliphatic carbocycles. The number of benzene rings is 1. The molecular weight excluding hydrogens is 236 g/mol. The van der Waals surface area contributed by atoms with Crippen molar-refractivity contribution in [2.75, 3.05) is 13.1 Å². The minimum atomic E-state index is -0.265. The molecular formula is C16H20N2O. The molecule has 1 fully saturated rings. The third-order valence-corrected chi connectivity index (χ3v) is 4.26. The van der Waals surface area contributed by atoms with Gasteiger partial charge < -0.3 is 4.90 Å². The number of nitriles is 1. The maximum absolute atomic E-state index is 12.5. The van der Waals surface area contributed by atoms with Crippen molar-refractivity contribution in [3.63, 3.8) is 0 Å². The molecule has 0 saturated carbocycles. The number of piperidine rings is 1. The van der Waals surface area contributed by atoms with Crippen molar-refractivity contribution in [2.24, 2.45) is 5.41 Å². The van der Waals surface area contributed by atoms with Gasteiger partial charge in [0.1, 0.15) is 0 Å². The normalized spacial score (nSPS) is 17.9. The van der Waals surface area contributed by atoms with Crippen molar-refractivity contribution in [2.45, 2.75) is 33.6 Å². The molecule has 0 unspecified atom stereocenters. The van der Waals surface area contributed by atoms with Gasteiger partial charge in [-0.2, -0.15) is 5.26 Å². The van der Waals surface area contributed by atoms with Gasteiger partial charge in [-0.1, -0.05) is 12.1 Å². The highest BCUT2D eigenvalue weighted by atomic mass is 16.2. The van der Waals surface area contributed by atoms with Gasteiger partial charge in [-0.05, 0) is 50.8 Å². The summed E-state index contributed by atoms with van der Waals surface area (Å²) >= 11 is 0. The van der Waals surface area contributed by atoms with Gasteiger partial charge >= 0.3 is 0 Å². The number of nitrogens with zero attached hydrogens (tertiary/aromatic N) is 2. The number of rotatable bonds is 1. The highest BCUT2D eigenvalue weighted by molar-refractivity contribution is 5.96. The Morgan fingerprint density at radius 2 is 1.95 bits per heavy atom. The quantitative estimate of drug-likeness (QED) is 0.775. The van der Waals surface area contributed by atoms with Gasteiger partial charge in [-0.25, -0.2) is 0 Å². The summed E-state index contributed by atoms with van der Waals surface area (Å²) < 4.78 is 0. The summed E-state index contributed by atoms with van der Waals surface area (Å²) in [6.45, 7) is 7.35. The van der Waals surface area contributed by atoms with Gasteiger partial charge in [0.2, 0.25) is 0 Å². The Morgan fingerprint density at radius 1 is 1.32 bits per heavy atom. The van der Waals surface area contributed by atoms with Crippen LogP contribution in [0.3, 0.4) is 0 Å². The zero-order chi connectivity index (χ0) is 14.0. The number of carbonyl (C=O) groups excluding carboxylic acids is 1. The molecule has 19 heavy (non-hydrogen) atoms. The molecule has 1 aliphatic heterocycles. The van der Waals surface area contributed by atoms with Crippen molar-refractivity contribution < 1.29 is 4.79 Å². The lowest BCUT2D eigenvalue weighted by Crippen LogP contribution is -2.41. The van der Waals surface area contributed by atoms with E-state index in [1.54, 1.807) is 0 Å². The highest BCUT2D eigenvalue weighted by Crippen LogP contribution is 2.30. The molecule has 1 saturated heterocycles. The van der Waals surface area contributed by atoms with E-state index >= 15 is 0 Å². The molecule has 1 amide bonds. The second-order valence-corrected chi connectivity index (χ2v) is 5.71. The standard InChI is InChI=1S/C16H20N2O/c1-12-5-4-6-14(13(12)2)15(19)18-9-7-16(3,11-17)8-10-18/h4-6H,7-10H2,1-3H3. The van der Waals surface area contributed by atoms with Crippen LogP contribution in [-0.2, 0) is 0 Å². The molecule has 3 nitrogen and oxygen atoms in total. The largest absolute Gasteiger partial charge is 0.339 e. The number of amides is 1. The van der Waals surface area contributed by atoms with Gasteiger partial charge in [0.15, 0.2) is 0 Å². The van der Waals surface area contributed by atoms with Crippen LogP contribution in [0.2, 0.25) is 0 Å². The van der Waals surface area contributed by atoms with Crippen LogP contribution in [0.5, 0.6) is 0 Å². The smallest absolute Gasteiger partial charge is 0.254 e. The Balaban J connectivity index is 2.15. The molecule has 100 valence electrons. The van der Waals surface area contributed by atoms with Crippen LogP contribution in [0.15, 0.2) is 18.2 Å². The molecule has 0 aromatic heterocycles. The average molecular weight is 256 g/mol. The van der Waals surface area contributed by atoms with Crippen molar-refractivity contribution >= 4 is 5.91 Å². The highest BCUT2D eigenvalue weighted by Gasteiger charge is 2.32. The average Bonchev–Trinajstić information content (AvgIpc) is 2.42. The van der Waals surface area contributed by atoms with Crippen LogP contribution in [0.4, 0.5) is 0 Å². The van der Waals surface area contributed by atoms with Crippen LogP contribution in [0, 0.1) is 30.6 Å². The minimum Gasteiger partial charge on any atom is -0.339 e. The molecule has 2 rings (SSSR count). The summed E-state index contributed by atoms with van der Waals surface area (Å²) in [5.74, 6) is 0.0983. The van der Waals surface area contributed by atoms with E-state index in [0.717, 1.165) is 29.5 Å². The van der Waals surface area contributed by atoms with E-state index in [4.69, 9.17) is 5.26 Å². The van der Waals surface area contributed by atoms with Crippen molar-refractivity contribution in [1.29, 1.82) is 5.26 Å².